The Hall–Kier alpha value is -3.28. The van der Waals surface area contributed by atoms with Crippen molar-refractivity contribution in [2.75, 3.05) is 0 Å². The molecule has 0 saturated heterocycles. The standard InChI is InChI=1S/C16H8N2O4/c19-12-7-8-13(20)17(12)18-15(21)10-5-1-3-9-4-2-6-11(14(9)10)16(18)22/h1-8H. The number of amides is 4. The molecule has 0 unspecified atom stereocenters. The van der Waals surface area contributed by atoms with Crippen molar-refractivity contribution in [3.63, 3.8) is 0 Å². The number of hydrogen-bond acceptors (Lipinski definition) is 4. The predicted octanol–water partition coefficient (Wildman–Crippen LogP) is 1.28. The molecule has 2 aromatic rings. The maximum Gasteiger partial charge on any atom is 0.281 e. The predicted molar refractivity (Wildman–Crippen MR) is 75.4 cm³/mol. The Morgan fingerprint density at radius 3 is 1.64 bits per heavy atom. The first kappa shape index (κ1) is 12.5. The van der Waals surface area contributed by atoms with Gasteiger partial charge < -0.3 is 0 Å². The Balaban J connectivity index is 1.97. The van der Waals surface area contributed by atoms with E-state index in [-0.39, 0.29) is 0 Å². The molecule has 0 aromatic heterocycles. The third-order valence-corrected chi connectivity index (χ3v) is 3.74. The number of nitrogens with zero attached hydrogens (tertiary/aromatic N) is 2. The highest BCUT2D eigenvalue weighted by Gasteiger charge is 2.42. The molecule has 4 rings (SSSR count). The van der Waals surface area contributed by atoms with Gasteiger partial charge in [-0.25, -0.2) is 0 Å². The van der Waals surface area contributed by atoms with Gasteiger partial charge in [0.15, 0.2) is 0 Å². The second kappa shape index (κ2) is 4.11. The van der Waals surface area contributed by atoms with E-state index in [1.807, 2.05) is 0 Å². The Morgan fingerprint density at radius 1 is 0.636 bits per heavy atom. The molecule has 0 saturated carbocycles. The van der Waals surface area contributed by atoms with E-state index in [1.54, 1.807) is 36.4 Å². The maximum absolute atomic E-state index is 12.6. The Labute approximate surface area is 124 Å². The van der Waals surface area contributed by atoms with Crippen LogP contribution in [0.1, 0.15) is 20.7 Å². The van der Waals surface area contributed by atoms with Crippen LogP contribution >= 0.6 is 0 Å². The first-order valence-electron chi connectivity index (χ1n) is 6.56. The average Bonchev–Trinajstić information content (AvgIpc) is 2.85. The number of carbonyl (C=O) groups excluding carboxylic acids is 4. The average molecular weight is 292 g/mol. The smallest absolute Gasteiger partial charge is 0.267 e. The Kier molecular flexibility index (Phi) is 2.33. The van der Waals surface area contributed by atoms with Crippen LogP contribution in [0, 0.1) is 0 Å². The molecule has 0 fully saturated rings. The van der Waals surface area contributed by atoms with E-state index in [9.17, 15) is 19.2 Å². The molecule has 0 aliphatic carbocycles. The third kappa shape index (κ3) is 1.43. The van der Waals surface area contributed by atoms with Gasteiger partial charge in [0.25, 0.3) is 23.6 Å². The zero-order valence-electron chi connectivity index (χ0n) is 11.1. The molecule has 2 aromatic carbocycles. The van der Waals surface area contributed by atoms with Crippen molar-refractivity contribution < 1.29 is 19.2 Å². The van der Waals surface area contributed by atoms with Gasteiger partial charge in [-0.2, -0.15) is 10.0 Å². The second-order valence-electron chi connectivity index (χ2n) is 4.95. The van der Waals surface area contributed by atoms with Crippen LogP contribution in [0.3, 0.4) is 0 Å². The lowest BCUT2D eigenvalue weighted by Gasteiger charge is -2.31. The summed E-state index contributed by atoms with van der Waals surface area (Å²) in [5.74, 6) is -2.78. The molecule has 0 atom stereocenters. The maximum atomic E-state index is 12.6. The van der Waals surface area contributed by atoms with Gasteiger partial charge >= 0.3 is 0 Å². The highest BCUT2D eigenvalue weighted by molar-refractivity contribution is 6.27. The second-order valence-corrected chi connectivity index (χ2v) is 4.95. The van der Waals surface area contributed by atoms with Gasteiger partial charge in [-0.15, -0.1) is 0 Å². The van der Waals surface area contributed by atoms with E-state index >= 15 is 0 Å². The monoisotopic (exact) mass is 292 g/mol. The van der Waals surface area contributed by atoms with E-state index in [0.29, 0.717) is 26.5 Å². The van der Waals surface area contributed by atoms with Crippen LogP contribution in [-0.4, -0.2) is 33.6 Å². The summed E-state index contributed by atoms with van der Waals surface area (Å²) in [6.07, 6.45) is 2.06. The molecule has 2 heterocycles. The molecule has 2 aliphatic heterocycles. The molecule has 6 nitrogen and oxygen atoms in total. The minimum atomic E-state index is -0.710. The van der Waals surface area contributed by atoms with Gasteiger partial charge in [0.2, 0.25) is 0 Å². The Bertz CT molecular complexity index is 860. The highest BCUT2D eigenvalue weighted by atomic mass is 16.2. The van der Waals surface area contributed by atoms with E-state index in [4.69, 9.17) is 0 Å². The van der Waals surface area contributed by atoms with Crippen molar-refractivity contribution in [2.45, 2.75) is 0 Å². The lowest BCUT2D eigenvalue weighted by Crippen LogP contribution is -2.54. The summed E-state index contributed by atoms with van der Waals surface area (Å²) < 4.78 is 0. The number of imide groups is 2. The van der Waals surface area contributed by atoms with Gasteiger partial charge in [-0.3, -0.25) is 19.2 Å². The van der Waals surface area contributed by atoms with Crippen molar-refractivity contribution in [1.29, 1.82) is 0 Å². The SMILES string of the molecule is O=C1C=CC(=O)N1N1C(=O)c2cccc3cccc(c23)C1=O. The zero-order valence-corrected chi connectivity index (χ0v) is 11.1. The van der Waals surface area contributed by atoms with Gasteiger partial charge in [0.1, 0.15) is 0 Å². The van der Waals surface area contributed by atoms with Crippen LogP contribution in [-0.2, 0) is 9.59 Å². The van der Waals surface area contributed by atoms with E-state index in [0.717, 1.165) is 17.5 Å². The topological polar surface area (TPSA) is 74.8 Å². The minimum absolute atomic E-state index is 0.292. The molecule has 0 bridgehead atoms. The van der Waals surface area contributed by atoms with Crippen molar-refractivity contribution in [1.82, 2.24) is 10.0 Å². The Morgan fingerprint density at radius 2 is 1.14 bits per heavy atom. The number of rotatable bonds is 1. The van der Waals surface area contributed by atoms with Crippen LogP contribution in [0.4, 0.5) is 0 Å². The number of hydrogen-bond donors (Lipinski definition) is 0. The van der Waals surface area contributed by atoms with E-state index < -0.39 is 23.6 Å². The number of hydrazine groups is 1. The zero-order chi connectivity index (χ0) is 15.4. The molecule has 0 radical (unpaired) electrons. The van der Waals surface area contributed by atoms with Crippen LogP contribution in [0.5, 0.6) is 0 Å². The van der Waals surface area contributed by atoms with Crippen molar-refractivity contribution >= 4 is 34.4 Å². The summed E-state index contributed by atoms with van der Waals surface area (Å²) >= 11 is 0. The first-order chi connectivity index (χ1) is 10.6. The van der Waals surface area contributed by atoms with Crippen molar-refractivity contribution in [3.05, 3.63) is 59.7 Å². The van der Waals surface area contributed by atoms with Gasteiger partial charge in [0, 0.05) is 17.5 Å². The summed E-state index contributed by atoms with van der Waals surface area (Å²) in [5, 5.41) is 2.48. The molecule has 0 spiro atoms. The van der Waals surface area contributed by atoms with Gasteiger partial charge in [-0.05, 0) is 17.5 Å². The molecule has 22 heavy (non-hydrogen) atoms. The van der Waals surface area contributed by atoms with E-state index in [2.05, 4.69) is 0 Å². The fourth-order valence-corrected chi connectivity index (χ4v) is 2.79. The van der Waals surface area contributed by atoms with Crippen molar-refractivity contribution in [3.8, 4) is 0 Å². The molecule has 0 N–H and O–H groups in total. The van der Waals surface area contributed by atoms with Gasteiger partial charge in [-0.1, -0.05) is 24.3 Å². The largest absolute Gasteiger partial charge is 0.281 e. The normalized spacial score (nSPS) is 17.1. The summed E-state index contributed by atoms with van der Waals surface area (Å²) in [5.41, 5.74) is 0.584. The van der Waals surface area contributed by atoms with Crippen LogP contribution in [0.15, 0.2) is 48.6 Å². The summed E-state index contributed by atoms with van der Waals surface area (Å²) in [6.45, 7) is 0. The lowest BCUT2D eigenvalue weighted by molar-refractivity contribution is -0.148. The summed E-state index contributed by atoms with van der Waals surface area (Å²) in [6, 6.07) is 10.1. The van der Waals surface area contributed by atoms with Crippen LogP contribution in [0.25, 0.3) is 10.8 Å². The molecule has 2 aliphatic rings. The lowest BCUT2D eigenvalue weighted by atomic mass is 9.95. The molecule has 106 valence electrons. The quantitative estimate of drug-likeness (QED) is 0.742. The first-order valence-corrected chi connectivity index (χ1v) is 6.56. The fraction of sp³-hybridized carbons (Fsp3) is 0. The number of carbonyl (C=O) groups is 4. The molecule has 6 heteroatoms. The highest BCUT2D eigenvalue weighted by Crippen LogP contribution is 2.31. The number of benzene rings is 2. The summed E-state index contributed by atoms with van der Waals surface area (Å²) in [4.78, 5) is 48.8. The van der Waals surface area contributed by atoms with E-state index in [1.165, 1.54) is 0 Å². The van der Waals surface area contributed by atoms with Crippen LogP contribution in [0.2, 0.25) is 0 Å². The van der Waals surface area contributed by atoms with Crippen molar-refractivity contribution in [2.24, 2.45) is 0 Å². The fourth-order valence-electron chi connectivity index (χ4n) is 2.79. The minimum Gasteiger partial charge on any atom is -0.267 e. The molecular formula is C16H8N2O4. The van der Waals surface area contributed by atoms with Crippen LogP contribution < -0.4 is 0 Å². The molecular weight excluding hydrogens is 284 g/mol. The molecule has 4 amide bonds. The third-order valence-electron chi connectivity index (χ3n) is 3.74. The van der Waals surface area contributed by atoms with Gasteiger partial charge in [0.05, 0.1) is 11.1 Å². The summed E-state index contributed by atoms with van der Waals surface area (Å²) in [7, 11) is 0.